The highest BCUT2D eigenvalue weighted by Crippen LogP contribution is 2.35. The molecule has 1 amide bonds. The highest BCUT2D eigenvalue weighted by atomic mass is 32.2. The first-order chi connectivity index (χ1) is 17.0. The minimum Gasteiger partial charge on any atom is -0.496 e. The van der Waals surface area contributed by atoms with Crippen LogP contribution in [0.4, 0.5) is 5.69 Å². The van der Waals surface area contributed by atoms with Crippen LogP contribution in [0.5, 0.6) is 5.75 Å². The van der Waals surface area contributed by atoms with Crippen molar-refractivity contribution in [2.45, 2.75) is 25.6 Å². The second-order valence-corrected chi connectivity index (χ2v) is 9.07. The fourth-order valence-electron chi connectivity index (χ4n) is 3.88. The first-order valence-corrected chi connectivity index (χ1v) is 12.2. The number of rotatable bonds is 6. The number of ether oxygens (including phenoxy) is 1. The number of carbonyl (C=O) groups is 1. The zero-order valence-electron chi connectivity index (χ0n) is 19.8. The molecule has 3 aromatic carbocycles. The molecule has 0 bridgehead atoms. The van der Waals surface area contributed by atoms with Gasteiger partial charge in [-0.2, -0.15) is 5.26 Å². The lowest BCUT2D eigenvalue weighted by Crippen LogP contribution is -2.32. The molecule has 0 saturated carbocycles. The van der Waals surface area contributed by atoms with Crippen molar-refractivity contribution in [2.24, 2.45) is 4.99 Å². The lowest BCUT2D eigenvalue weighted by Gasteiger charge is -2.27. The van der Waals surface area contributed by atoms with Gasteiger partial charge >= 0.3 is 0 Å². The molecule has 35 heavy (non-hydrogen) atoms. The number of methoxy groups -OCH3 is 1. The third-order valence-corrected chi connectivity index (χ3v) is 6.68. The predicted octanol–water partition coefficient (Wildman–Crippen LogP) is 5.72. The van der Waals surface area contributed by atoms with Crippen molar-refractivity contribution < 1.29 is 9.53 Å². The van der Waals surface area contributed by atoms with E-state index >= 15 is 0 Å². The molecule has 4 rings (SSSR count). The monoisotopic (exact) mass is 482 g/mol. The van der Waals surface area contributed by atoms with Crippen LogP contribution < -0.4 is 15.4 Å². The van der Waals surface area contributed by atoms with Crippen LogP contribution in [0.2, 0.25) is 0 Å². The number of hydrogen-bond donors (Lipinski definition) is 2. The fraction of sp³-hybridized carbons (Fsp3) is 0.179. The summed E-state index contributed by atoms with van der Waals surface area (Å²) in [5, 5.41) is 16.4. The summed E-state index contributed by atoms with van der Waals surface area (Å²) < 4.78 is 5.54. The smallest absolute Gasteiger partial charge is 0.255 e. The minimum atomic E-state index is -0.511. The van der Waals surface area contributed by atoms with Gasteiger partial charge in [0.25, 0.3) is 5.91 Å². The van der Waals surface area contributed by atoms with E-state index in [4.69, 9.17) is 9.73 Å². The van der Waals surface area contributed by atoms with Gasteiger partial charge in [0.2, 0.25) is 0 Å². The van der Waals surface area contributed by atoms with Crippen LogP contribution in [0.25, 0.3) is 0 Å². The van der Waals surface area contributed by atoms with Crippen LogP contribution in [0.1, 0.15) is 35.2 Å². The largest absolute Gasteiger partial charge is 0.496 e. The normalized spacial score (nSPS) is 15.0. The van der Waals surface area contributed by atoms with Crippen molar-refractivity contribution >= 4 is 28.5 Å². The Bertz CT molecular complexity index is 1340. The molecule has 7 heteroatoms. The van der Waals surface area contributed by atoms with Crippen molar-refractivity contribution in [3.63, 3.8) is 0 Å². The third-order valence-electron chi connectivity index (χ3n) is 5.74. The summed E-state index contributed by atoms with van der Waals surface area (Å²) in [5.74, 6) is 1.11. The van der Waals surface area contributed by atoms with Crippen LogP contribution in [-0.4, -0.2) is 18.2 Å². The summed E-state index contributed by atoms with van der Waals surface area (Å²) in [7, 11) is 1.63. The predicted molar refractivity (Wildman–Crippen MR) is 141 cm³/mol. The molecule has 2 N–H and O–H groups in total. The van der Waals surface area contributed by atoms with Gasteiger partial charge in [-0.25, -0.2) is 4.99 Å². The molecule has 3 aromatic rings. The van der Waals surface area contributed by atoms with Gasteiger partial charge in [-0.15, -0.1) is 0 Å². The number of amidine groups is 1. The third kappa shape index (κ3) is 5.56. The van der Waals surface area contributed by atoms with Crippen molar-refractivity contribution in [1.29, 1.82) is 5.26 Å². The number of benzene rings is 3. The molecule has 176 valence electrons. The molecule has 0 aliphatic carbocycles. The van der Waals surface area contributed by atoms with Gasteiger partial charge in [-0.3, -0.25) is 4.79 Å². The van der Waals surface area contributed by atoms with E-state index in [9.17, 15) is 10.1 Å². The molecular formula is C28H26N4O2S. The molecule has 1 aliphatic rings. The molecule has 1 heterocycles. The Morgan fingerprint density at radius 1 is 1.11 bits per heavy atom. The lowest BCUT2D eigenvalue weighted by molar-refractivity contribution is -0.113. The van der Waals surface area contributed by atoms with E-state index in [1.54, 1.807) is 7.11 Å². The minimum absolute atomic E-state index is 0.214. The van der Waals surface area contributed by atoms with E-state index in [1.807, 2.05) is 86.6 Å². The number of para-hydroxylation sites is 1. The number of thioether (sulfide) groups is 1. The average Bonchev–Trinajstić information content (AvgIpc) is 2.88. The lowest BCUT2D eigenvalue weighted by atomic mass is 9.94. The van der Waals surface area contributed by atoms with E-state index in [-0.39, 0.29) is 5.91 Å². The van der Waals surface area contributed by atoms with Crippen molar-refractivity contribution in [3.8, 4) is 11.8 Å². The Kier molecular flexibility index (Phi) is 7.54. The summed E-state index contributed by atoms with van der Waals surface area (Å²) in [4.78, 5) is 18.3. The van der Waals surface area contributed by atoms with Crippen LogP contribution in [0.3, 0.4) is 0 Å². The van der Waals surface area contributed by atoms with Crippen LogP contribution in [0, 0.1) is 18.3 Å². The fourth-order valence-corrected chi connectivity index (χ4v) is 4.83. The number of nitriles is 1. The zero-order valence-corrected chi connectivity index (χ0v) is 20.6. The highest BCUT2D eigenvalue weighted by Gasteiger charge is 2.30. The molecular weight excluding hydrogens is 456 g/mol. The average molecular weight is 483 g/mol. The van der Waals surface area contributed by atoms with Crippen LogP contribution >= 0.6 is 11.8 Å². The van der Waals surface area contributed by atoms with E-state index < -0.39 is 6.04 Å². The molecule has 0 saturated heterocycles. The molecule has 6 nitrogen and oxygen atoms in total. The molecule has 0 fully saturated rings. The van der Waals surface area contributed by atoms with Gasteiger partial charge < -0.3 is 15.4 Å². The van der Waals surface area contributed by atoms with Gasteiger partial charge in [0.15, 0.2) is 5.17 Å². The first kappa shape index (κ1) is 24.1. The summed E-state index contributed by atoms with van der Waals surface area (Å²) >= 11 is 1.50. The maximum atomic E-state index is 13.4. The Morgan fingerprint density at radius 3 is 2.60 bits per heavy atom. The Morgan fingerprint density at radius 2 is 1.86 bits per heavy atom. The highest BCUT2D eigenvalue weighted by molar-refractivity contribution is 8.13. The number of nitrogens with zero attached hydrogens (tertiary/aromatic N) is 2. The number of nitrogens with one attached hydrogen (secondary N) is 2. The molecule has 1 aliphatic heterocycles. The summed E-state index contributed by atoms with van der Waals surface area (Å²) in [6.07, 6.45) is 0. The number of aliphatic imine (C=N–C) groups is 1. The standard InChI is InChI=1S/C28H26N4O2S/c1-18-13-14-20(15-24(18)34-3)26-25(27(33)31-23-11-5-4-6-12-23)19(2)30-28(32-26)35-17-22-10-8-7-9-21(22)16-29/h4-15,26H,17H2,1-3H3,(H,30,32)(H,31,33)/t26-/m1/s1. The number of amides is 1. The van der Waals surface area contributed by atoms with Gasteiger partial charge in [0.1, 0.15) is 11.8 Å². The number of allylic oxidation sites excluding steroid dienone is 1. The maximum absolute atomic E-state index is 13.4. The zero-order chi connectivity index (χ0) is 24.8. The molecule has 0 unspecified atom stereocenters. The number of hydrogen-bond acceptors (Lipinski definition) is 6. The van der Waals surface area contributed by atoms with Crippen LogP contribution in [-0.2, 0) is 10.5 Å². The number of anilines is 1. The Labute approximate surface area is 209 Å². The van der Waals surface area contributed by atoms with Crippen LogP contribution in [0.15, 0.2) is 89.1 Å². The Balaban J connectivity index is 1.67. The SMILES string of the molecule is COc1cc([C@H]2N=C(SCc3ccccc3C#N)NC(C)=C2C(=O)Nc2ccccc2)ccc1C. The summed E-state index contributed by atoms with van der Waals surface area (Å²) in [5.41, 5.74) is 5.44. The molecule has 0 aromatic heterocycles. The quantitative estimate of drug-likeness (QED) is 0.469. The topological polar surface area (TPSA) is 86.5 Å². The molecule has 1 atom stereocenters. The first-order valence-electron chi connectivity index (χ1n) is 11.2. The maximum Gasteiger partial charge on any atom is 0.255 e. The summed E-state index contributed by atoms with van der Waals surface area (Å²) in [6.45, 7) is 3.86. The van der Waals surface area contributed by atoms with E-state index in [0.29, 0.717) is 22.1 Å². The van der Waals surface area contributed by atoms with Gasteiger partial charge in [0, 0.05) is 17.1 Å². The van der Waals surface area contributed by atoms with E-state index in [1.165, 1.54) is 11.8 Å². The van der Waals surface area contributed by atoms with E-state index in [2.05, 4.69) is 16.7 Å². The van der Waals surface area contributed by atoms with Gasteiger partial charge in [-0.05, 0) is 54.8 Å². The second-order valence-electron chi connectivity index (χ2n) is 8.11. The Hall–Kier alpha value is -4.02. The second kappa shape index (κ2) is 10.9. The van der Waals surface area contributed by atoms with Crippen molar-refractivity contribution in [3.05, 3.63) is 106 Å². The number of carbonyl (C=O) groups excluding carboxylic acids is 1. The summed E-state index contributed by atoms with van der Waals surface area (Å²) in [6, 6.07) is 24.5. The number of aryl methyl sites for hydroxylation is 1. The van der Waals surface area contributed by atoms with Crippen molar-refractivity contribution in [2.75, 3.05) is 12.4 Å². The van der Waals surface area contributed by atoms with E-state index in [0.717, 1.165) is 33.8 Å². The van der Waals surface area contributed by atoms with Gasteiger partial charge in [0.05, 0.1) is 24.3 Å². The molecule has 0 spiro atoms. The molecule has 0 radical (unpaired) electrons. The van der Waals surface area contributed by atoms with Crippen molar-refractivity contribution in [1.82, 2.24) is 5.32 Å². The van der Waals surface area contributed by atoms with Gasteiger partial charge in [-0.1, -0.05) is 60.3 Å².